The average molecular weight is 697 g/mol. The van der Waals surface area contributed by atoms with E-state index in [0.717, 1.165) is 5.01 Å². The number of allylic oxidation sites excluding steroid dienone is 2. The highest BCUT2D eigenvalue weighted by atomic mass is 35.5. The lowest BCUT2D eigenvalue weighted by atomic mass is 9.49. The maximum atomic E-state index is 15.1. The summed E-state index contributed by atoms with van der Waals surface area (Å²) in [5.41, 5.74) is 3.51. The molecule has 4 aliphatic rings. The quantitative estimate of drug-likeness (QED) is 0.172. The zero-order valence-corrected chi connectivity index (χ0v) is 27.2. The van der Waals surface area contributed by atoms with Crippen LogP contribution in [0.25, 0.3) is 0 Å². The molecule has 11 heteroatoms. The molecule has 0 aromatic heterocycles. The molecule has 2 N–H and O–H groups in total. The topological polar surface area (TPSA) is 107 Å². The number of para-hydroxylation sites is 1. The Hall–Kier alpha value is -4.99. The Balaban J connectivity index is 1.34. The summed E-state index contributed by atoms with van der Waals surface area (Å²) in [4.78, 5) is 59.2. The van der Waals surface area contributed by atoms with Crippen LogP contribution in [0.2, 0.25) is 10.0 Å². The number of fused-ring (bicyclic) bond motifs is 4. The molecular weight excluding hydrogens is 668 g/mol. The van der Waals surface area contributed by atoms with Gasteiger partial charge in [-0.15, -0.1) is 0 Å². The van der Waals surface area contributed by atoms with Gasteiger partial charge in [-0.3, -0.25) is 29.5 Å². The summed E-state index contributed by atoms with van der Waals surface area (Å²) in [6.45, 7) is 0. The summed E-state index contributed by atoms with van der Waals surface area (Å²) in [6, 6.07) is 25.2. The molecule has 0 bridgehead atoms. The Morgan fingerprint density at radius 2 is 1.49 bits per heavy atom. The number of rotatable bonds is 5. The molecular formula is C38H28Cl2FN3O5. The molecule has 4 aromatic carbocycles. The molecule has 2 heterocycles. The van der Waals surface area contributed by atoms with Gasteiger partial charge in [0.2, 0.25) is 11.8 Å². The zero-order valence-electron chi connectivity index (χ0n) is 25.7. The van der Waals surface area contributed by atoms with Crippen molar-refractivity contribution in [1.29, 1.82) is 0 Å². The first kappa shape index (κ1) is 31.3. The molecule has 4 aromatic rings. The van der Waals surface area contributed by atoms with Gasteiger partial charge in [0.1, 0.15) is 11.6 Å². The van der Waals surface area contributed by atoms with E-state index in [1.54, 1.807) is 60.7 Å². The molecule has 0 radical (unpaired) electrons. The third kappa shape index (κ3) is 4.63. The molecule has 2 aliphatic heterocycles. The van der Waals surface area contributed by atoms with Gasteiger partial charge in [-0.25, -0.2) is 4.39 Å². The third-order valence-corrected chi connectivity index (χ3v) is 11.1. The monoisotopic (exact) mass is 695 g/mol. The maximum Gasteiger partial charge on any atom is 0.260 e. The van der Waals surface area contributed by atoms with Gasteiger partial charge in [0.25, 0.3) is 11.8 Å². The summed E-state index contributed by atoms with van der Waals surface area (Å²) in [5, 5.41) is 13.1. The number of carbonyl (C=O) groups is 4. The number of aromatic hydroxyl groups is 1. The molecule has 8 rings (SSSR count). The zero-order chi connectivity index (χ0) is 34.2. The molecule has 0 spiro atoms. The number of benzene rings is 4. The summed E-state index contributed by atoms with van der Waals surface area (Å²) < 4.78 is 13.8. The highest BCUT2D eigenvalue weighted by Gasteiger charge is 2.70. The van der Waals surface area contributed by atoms with Crippen LogP contribution in [-0.2, 0) is 24.6 Å². The first-order valence-electron chi connectivity index (χ1n) is 15.9. The second-order valence-corrected chi connectivity index (χ2v) is 13.8. The standard InChI is InChI=1S/C38H28Cl2FN3O5/c39-21-8-6-20(7-9-21)38-30(35(47)44(37(38)49)42-24-13-11-23(41)12-14-24)19-28-26(33(38)29-18-22(40)10-17-31(29)45)15-16-27-32(28)36(48)43(34(27)46)25-4-2-1-3-5-25/h1-15,17-18,27-28,30,32-33,42,45H,16,19H2/t27-,28+,30-,32-,33+,38+/m0/s1. The van der Waals surface area contributed by atoms with E-state index in [9.17, 15) is 23.9 Å². The predicted octanol–water partition coefficient (Wildman–Crippen LogP) is 7.03. The van der Waals surface area contributed by atoms with Gasteiger partial charge < -0.3 is 5.11 Å². The molecule has 2 saturated heterocycles. The molecule has 6 atom stereocenters. The number of nitrogens with one attached hydrogen (secondary N) is 1. The Labute approximate surface area is 290 Å². The predicted molar refractivity (Wildman–Crippen MR) is 181 cm³/mol. The second-order valence-electron chi connectivity index (χ2n) is 12.9. The molecule has 49 heavy (non-hydrogen) atoms. The number of phenols is 1. The lowest BCUT2D eigenvalue weighted by Crippen LogP contribution is -2.53. The van der Waals surface area contributed by atoms with Crippen molar-refractivity contribution >= 4 is 58.2 Å². The lowest BCUT2D eigenvalue weighted by Gasteiger charge is -2.50. The minimum Gasteiger partial charge on any atom is -0.508 e. The number of imide groups is 2. The number of nitrogens with zero attached hydrogens (tertiary/aromatic N) is 2. The van der Waals surface area contributed by atoms with Crippen LogP contribution in [0.4, 0.5) is 15.8 Å². The average Bonchev–Trinajstić information content (AvgIpc) is 3.48. The number of hydrogen-bond acceptors (Lipinski definition) is 6. The number of hydrazine groups is 1. The van der Waals surface area contributed by atoms with E-state index in [0.29, 0.717) is 38.1 Å². The SMILES string of the molecule is O=C1[C@@H]2C[C@@H]3C(=CC[C@@H]4C(=O)N(c5ccccc5)C(=O)[C@@H]43)[C@H](c3cc(Cl)ccc3O)[C@]2(c2ccc(Cl)cc2)C(=O)N1Nc1ccc(F)cc1. The van der Waals surface area contributed by atoms with Crippen molar-refractivity contribution in [2.24, 2.45) is 23.7 Å². The highest BCUT2D eigenvalue weighted by molar-refractivity contribution is 6.31. The lowest BCUT2D eigenvalue weighted by molar-refractivity contribution is -0.138. The Bertz CT molecular complexity index is 2070. The van der Waals surface area contributed by atoms with Gasteiger partial charge in [0.15, 0.2) is 0 Å². The van der Waals surface area contributed by atoms with Crippen LogP contribution < -0.4 is 10.3 Å². The normalized spacial score (nSPS) is 27.5. The Morgan fingerprint density at radius 3 is 2.20 bits per heavy atom. The first-order chi connectivity index (χ1) is 23.6. The van der Waals surface area contributed by atoms with Crippen LogP contribution in [0.15, 0.2) is 109 Å². The number of hydrogen-bond donors (Lipinski definition) is 2. The van der Waals surface area contributed by atoms with Crippen LogP contribution in [0.5, 0.6) is 5.75 Å². The first-order valence-corrected chi connectivity index (χ1v) is 16.6. The maximum absolute atomic E-state index is 15.1. The summed E-state index contributed by atoms with van der Waals surface area (Å²) in [5.74, 6) is -6.60. The van der Waals surface area contributed by atoms with Crippen molar-refractivity contribution in [3.63, 3.8) is 0 Å². The minimum absolute atomic E-state index is 0.0707. The van der Waals surface area contributed by atoms with Gasteiger partial charge in [0, 0.05) is 21.5 Å². The fraction of sp³-hybridized carbons (Fsp3) is 0.211. The van der Waals surface area contributed by atoms with Crippen LogP contribution in [0.1, 0.15) is 29.9 Å². The fourth-order valence-electron chi connectivity index (χ4n) is 8.59. The number of anilines is 2. The van der Waals surface area contributed by atoms with E-state index >= 15 is 4.79 Å². The van der Waals surface area contributed by atoms with E-state index in [1.807, 2.05) is 6.08 Å². The van der Waals surface area contributed by atoms with E-state index in [-0.39, 0.29) is 30.4 Å². The smallest absolute Gasteiger partial charge is 0.260 e. The van der Waals surface area contributed by atoms with Gasteiger partial charge in [-0.05, 0) is 91.1 Å². The van der Waals surface area contributed by atoms with Crippen LogP contribution in [0, 0.1) is 29.5 Å². The van der Waals surface area contributed by atoms with Crippen molar-refractivity contribution in [3.05, 3.63) is 136 Å². The largest absolute Gasteiger partial charge is 0.508 e. The molecule has 3 fully saturated rings. The number of carbonyl (C=O) groups excluding carboxylic acids is 4. The van der Waals surface area contributed by atoms with Gasteiger partial charge >= 0.3 is 0 Å². The molecule has 4 amide bonds. The van der Waals surface area contributed by atoms with E-state index < -0.39 is 52.6 Å². The van der Waals surface area contributed by atoms with Crippen LogP contribution in [0.3, 0.4) is 0 Å². The van der Waals surface area contributed by atoms with Gasteiger partial charge in [0.05, 0.1) is 34.5 Å². The van der Waals surface area contributed by atoms with Crippen molar-refractivity contribution < 1.29 is 28.7 Å². The summed E-state index contributed by atoms with van der Waals surface area (Å²) in [6.07, 6.45) is 2.20. The second kappa shape index (κ2) is 11.6. The minimum atomic E-state index is -1.63. The van der Waals surface area contributed by atoms with Crippen molar-refractivity contribution in [3.8, 4) is 5.75 Å². The highest BCUT2D eigenvalue weighted by Crippen LogP contribution is 2.65. The molecule has 0 unspecified atom stereocenters. The van der Waals surface area contributed by atoms with Crippen LogP contribution in [-0.4, -0.2) is 33.7 Å². The van der Waals surface area contributed by atoms with Gasteiger partial charge in [-0.2, -0.15) is 5.01 Å². The van der Waals surface area contributed by atoms with Gasteiger partial charge in [-0.1, -0.05) is 65.2 Å². The Kier molecular flexibility index (Phi) is 7.39. The molecule has 8 nitrogen and oxygen atoms in total. The molecule has 1 saturated carbocycles. The van der Waals surface area contributed by atoms with E-state index in [2.05, 4.69) is 5.43 Å². The molecule has 246 valence electrons. The van der Waals surface area contributed by atoms with Crippen LogP contribution >= 0.6 is 23.2 Å². The fourth-order valence-corrected chi connectivity index (χ4v) is 8.89. The Morgan fingerprint density at radius 1 is 0.796 bits per heavy atom. The number of amides is 4. The van der Waals surface area contributed by atoms with E-state index in [4.69, 9.17) is 23.2 Å². The summed E-state index contributed by atoms with van der Waals surface area (Å²) in [7, 11) is 0. The molecule has 2 aliphatic carbocycles. The number of halogens is 3. The van der Waals surface area contributed by atoms with Crippen molar-refractivity contribution in [2.45, 2.75) is 24.2 Å². The third-order valence-electron chi connectivity index (χ3n) is 10.6. The van der Waals surface area contributed by atoms with Crippen molar-refractivity contribution in [1.82, 2.24) is 5.01 Å². The van der Waals surface area contributed by atoms with Crippen molar-refractivity contribution in [2.75, 3.05) is 10.3 Å². The van der Waals surface area contributed by atoms with E-state index in [1.165, 1.54) is 41.3 Å². The summed E-state index contributed by atoms with van der Waals surface area (Å²) >= 11 is 12.9. The number of phenolic OH excluding ortho intramolecular Hbond substituents is 1.